The van der Waals surface area contributed by atoms with E-state index in [2.05, 4.69) is 28.1 Å². The number of phenols is 1. The molecule has 10 rings (SSSR count). The zero-order valence-corrected chi connectivity index (χ0v) is 43.4. The van der Waals surface area contributed by atoms with Gasteiger partial charge in [0.05, 0.1) is 56.9 Å². The first-order valence-electron chi connectivity index (χ1n) is 24.0. The molecule has 2 aliphatic rings. The molecule has 8 aromatic rings. The number of nitriles is 2. The zero-order chi connectivity index (χ0) is 54.3. The van der Waals surface area contributed by atoms with Gasteiger partial charge >= 0.3 is 0 Å². The third-order valence-electron chi connectivity index (χ3n) is 12.0. The van der Waals surface area contributed by atoms with Crippen molar-refractivity contribution >= 4 is 28.5 Å². The molecule has 6 aromatic carbocycles. The van der Waals surface area contributed by atoms with Crippen LogP contribution in [0.4, 0.5) is 0 Å². The van der Waals surface area contributed by atoms with Crippen LogP contribution >= 0.6 is 15.9 Å². The summed E-state index contributed by atoms with van der Waals surface area (Å²) in [6.07, 6.45) is 4.66. The van der Waals surface area contributed by atoms with Crippen LogP contribution in [0.2, 0.25) is 0 Å². The smallest absolute Gasteiger partial charge is 0.261 e. The van der Waals surface area contributed by atoms with Crippen molar-refractivity contribution in [2.45, 2.75) is 39.0 Å². The molecule has 2 aliphatic heterocycles. The van der Waals surface area contributed by atoms with E-state index in [4.69, 9.17) is 43.7 Å². The standard InChI is InChI=1S/C30H24N2O6.C22H19NO6.C8H6BrN/c1-20-12-24(17-33)28(37-18-22-5-2-4-21(13-22)16-31)15-27(20)38-19-23-6-3-9-32(30(23)34)25-7-8-26-29(14-25)36-11-10-35-26;1-14-9-16(12-24)18(25)11-20(14)29-13-15-3-2-6-23(22(15)26)17-4-5-19-21(10-17)28-8-7-27-19;9-5-7-2-1-3-8(4-7)6-10/h2-9,12-15,17H,10-11,18-19H2,1H3;2-6,9-12,25H,7-8,13H2,1H3;1-4H,5H2. The highest BCUT2D eigenvalue weighted by atomic mass is 79.9. The maximum Gasteiger partial charge on any atom is 0.261 e. The van der Waals surface area contributed by atoms with Gasteiger partial charge in [0.15, 0.2) is 35.6 Å². The number of benzene rings is 6. The van der Waals surface area contributed by atoms with Crippen molar-refractivity contribution in [3.8, 4) is 69.5 Å². The largest absolute Gasteiger partial charge is 0.507 e. The molecular weight excluding hydrogens is 1050 g/mol. The second kappa shape index (κ2) is 25.6. The summed E-state index contributed by atoms with van der Waals surface area (Å²) in [7, 11) is 0. The number of aromatic nitrogens is 2. The minimum absolute atomic E-state index is 0.0188. The molecule has 4 heterocycles. The molecule has 0 saturated carbocycles. The highest BCUT2D eigenvalue weighted by Gasteiger charge is 2.17. The zero-order valence-electron chi connectivity index (χ0n) is 41.8. The molecule has 77 heavy (non-hydrogen) atoms. The van der Waals surface area contributed by atoms with Crippen LogP contribution in [0.25, 0.3) is 11.4 Å². The minimum Gasteiger partial charge on any atom is -0.507 e. The van der Waals surface area contributed by atoms with Crippen LogP contribution in [0, 0.1) is 36.5 Å². The first-order chi connectivity index (χ1) is 37.5. The Balaban J connectivity index is 0.000000177. The average Bonchev–Trinajstić information content (AvgIpc) is 3.47. The van der Waals surface area contributed by atoms with E-state index in [1.165, 1.54) is 21.3 Å². The number of carbonyl (C=O) groups is 2. The van der Waals surface area contributed by atoms with Crippen LogP contribution in [0.3, 0.4) is 0 Å². The van der Waals surface area contributed by atoms with Crippen LogP contribution in [0.15, 0.2) is 155 Å². The predicted molar refractivity (Wildman–Crippen MR) is 289 cm³/mol. The molecule has 1 N–H and O–H groups in total. The number of aryl methyl sites for hydroxylation is 2. The van der Waals surface area contributed by atoms with E-state index in [-0.39, 0.29) is 42.3 Å². The Morgan fingerprint density at radius 2 is 1.01 bits per heavy atom. The molecule has 16 nitrogen and oxygen atoms in total. The fourth-order valence-electron chi connectivity index (χ4n) is 8.01. The fraction of sp³-hybridized carbons (Fsp3) is 0.167. The van der Waals surface area contributed by atoms with Gasteiger partial charge < -0.3 is 38.3 Å². The lowest BCUT2D eigenvalue weighted by molar-refractivity contribution is 0.111. The number of rotatable bonds is 14. The molecule has 2 aromatic heterocycles. The van der Waals surface area contributed by atoms with Crippen molar-refractivity contribution < 1.29 is 47.9 Å². The van der Waals surface area contributed by atoms with Gasteiger partial charge in [-0.05, 0) is 121 Å². The van der Waals surface area contributed by atoms with Gasteiger partial charge in [-0.15, -0.1) is 0 Å². The molecule has 0 unspecified atom stereocenters. The lowest BCUT2D eigenvalue weighted by Crippen LogP contribution is -2.23. The number of ether oxygens (including phenoxy) is 7. The highest BCUT2D eigenvalue weighted by molar-refractivity contribution is 9.08. The molecule has 0 amide bonds. The van der Waals surface area contributed by atoms with Crippen LogP contribution in [-0.4, -0.2) is 53.2 Å². The summed E-state index contributed by atoms with van der Waals surface area (Å²) in [5.41, 5.74) is 6.94. The third-order valence-corrected chi connectivity index (χ3v) is 12.6. The van der Waals surface area contributed by atoms with Crippen molar-refractivity contribution in [1.82, 2.24) is 9.13 Å². The summed E-state index contributed by atoms with van der Waals surface area (Å²) in [6, 6.07) is 42.7. The monoisotopic (exact) mass is 1100 g/mol. The predicted octanol–water partition coefficient (Wildman–Crippen LogP) is 10.2. The van der Waals surface area contributed by atoms with Gasteiger partial charge in [0.1, 0.15) is 69.2 Å². The Kier molecular flexibility index (Phi) is 17.8. The number of aromatic hydroxyl groups is 1. The van der Waals surface area contributed by atoms with Crippen LogP contribution in [0.1, 0.15) is 65.2 Å². The Bertz CT molecular complexity index is 3670. The molecule has 0 saturated heterocycles. The number of hydrogen-bond donors (Lipinski definition) is 1. The number of phenolic OH excluding ortho intramolecular Hbond substituents is 1. The SMILES string of the molecule is Cc1cc(C=O)c(O)cc1OCc1cccn(-c2ccc3c(c2)OCCO3)c1=O.Cc1cc(C=O)c(OCc2cccc(C#N)c2)cc1OCc1cccn(-c2ccc3c(c2)OCCO3)c1=O.N#Cc1cccc(CBr)c1. The topological polar surface area (TPSA) is 211 Å². The van der Waals surface area contributed by atoms with E-state index in [9.17, 15) is 24.3 Å². The van der Waals surface area contributed by atoms with Crippen molar-refractivity contribution in [2.24, 2.45) is 0 Å². The van der Waals surface area contributed by atoms with Crippen LogP contribution in [0.5, 0.6) is 46.0 Å². The second-order valence-corrected chi connectivity index (χ2v) is 17.8. The molecule has 388 valence electrons. The van der Waals surface area contributed by atoms with Gasteiger partial charge in [-0.3, -0.25) is 28.3 Å². The molecule has 0 atom stereocenters. The van der Waals surface area contributed by atoms with Gasteiger partial charge in [0.25, 0.3) is 11.1 Å². The van der Waals surface area contributed by atoms with E-state index in [1.54, 1.807) is 116 Å². The first-order valence-corrected chi connectivity index (χ1v) is 25.1. The maximum atomic E-state index is 13.2. The molecule has 0 spiro atoms. The molecular formula is C60H49BrN4O12. The van der Waals surface area contributed by atoms with Crippen molar-refractivity contribution in [1.29, 1.82) is 10.5 Å². The van der Waals surface area contributed by atoms with E-state index in [0.29, 0.717) is 112 Å². The Labute approximate surface area is 451 Å². The molecule has 17 heteroatoms. The van der Waals surface area contributed by atoms with Gasteiger partial charge in [0.2, 0.25) is 0 Å². The molecule has 0 aliphatic carbocycles. The van der Waals surface area contributed by atoms with Crippen molar-refractivity contribution in [3.05, 3.63) is 222 Å². The molecule has 0 radical (unpaired) electrons. The minimum atomic E-state index is -0.226. The number of fused-ring (bicyclic) bond motifs is 2. The summed E-state index contributed by atoms with van der Waals surface area (Å²) in [6.45, 7) is 5.72. The van der Waals surface area contributed by atoms with Gasteiger partial charge in [-0.25, -0.2) is 0 Å². The van der Waals surface area contributed by atoms with E-state index in [1.807, 2.05) is 31.2 Å². The number of pyridine rings is 2. The Hall–Kier alpha value is -9.58. The summed E-state index contributed by atoms with van der Waals surface area (Å²) in [5.74, 6) is 3.59. The summed E-state index contributed by atoms with van der Waals surface area (Å²) in [4.78, 5) is 48.7. The number of nitrogens with zero attached hydrogens (tertiary/aromatic N) is 4. The van der Waals surface area contributed by atoms with Gasteiger partial charge in [-0.2, -0.15) is 10.5 Å². The summed E-state index contributed by atoms with van der Waals surface area (Å²) >= 11 is 3.31. The van der Waals surface area contributed by atoms with Gasteiger partial charge in [0, 0.05) is 42.0 Å². The van der Waals surface area contributed by atoms with Crippen LogP contribution < -0.4 is 44.3 Å². The number of hydrogen-bond acceptors (Lipinski definition) is 14. The Morgan fingerprint density at radius 3 is 1.52 bits per heavy atom. The summed E-state index contributed by atoms with van der Waals surface area (Å²) < 4.78 is 43.0. The van der Waals surface area contributed by atoms with E-state index < -0.39 is 0 Å². The molecule has 0 fully saturated rings. The average molecular weight is 1100 g/mol. The van der Waals surface area contributed by atoms with Crippen molar-refractivity contribution in [3.63, 3.8) is 0 Å². The lowest BCUT2D eigenvalue weighted by atomic mass is 10.1. The van der Waals surface area contributed by atoms with Crippen LogP contribution in [-0.2, 0) is 25.2 Å². The third kappa shape index (κ3) is 13.4. The second-order valence-electron chi connectivity index (χ2n) is 17.3. The first kappa shape index (κ1) is 53.7. The number of aldehydes is 2. The maximum absolute atomic E-state index is 13.2. The Morgan fingerprint density at radius 1 is 0.545 bits per heavy atom. The quantitative estimate of drug-likeness (QED) is 0.0793. The number of carbonyl (C=O) groups excluding carboxylic acids is 2. The molecule has 0 bridgehead atoms. The van der Waals surface area contributed by atoms with Crippen molar-refractivity contribution in [2.75, 3.05) is 26.4 Å². The normalized spacial score (nSPS) is 11.7. The van der Waals surface area contributed by atoms with E-state index >= 15 is 0 Å². The van der Waals surface area contributed by atoms with Gasteiger partial charge in [-0.1, -0.05) is 40.2 Å². The lowest BCUT2D eigenvalue weighted by Gasteiger charge is -2.19. The summed E-state index contributed by atoms with van der Waals surface area (Å²) in [5, 5.41) is 28.3. The number of alkyl halides is 1. The fourth-order valence-corrected chi connectivity index (χ4v) is 8.36. The van der Waals surface area contributed by atoms with E-state index in [0.717, 1.165) is 33.9 Å². The highest BCUT2D eigenvalue weighted by Crippen LogP contribution is 2.34. The number of halogens is 1.